The fourth-order valence-corrected chi connectivity index (χ4v) is 4.06. The zero-order valence-corrected chi connectivity index (χ0v) is 17.5. The number of ether oxygens (including phenoxy) is 1. The third-order valence-corrected chi connectivity index (χ3v) is 5.94. The maximum atomic E-state index is 10.6. The van der Waals surface area contributed by atoms with Gasteiger partial charge in [-0.3, -0.25) is 9.47 Å². The van der Waals surface area contributed by atoms with Gasteiger partial charge in [0.25, 0.3) is 0 Å². The number of hydrogen-bond acceptors (Lipinski definition) is 7. The van der Waals surface area contributed by atoms with Crippen LogP contribution in [0.3, 0.4) is 0 Å². The molecule has 1 saturated heterocycles. The molecule has 30 heavy (non-hydrogen) atoms. The maximum absolute atomic E-state index is 10.6. The van der Waals surface area contributed by atoms with Crippen molar-refractivity contribution in [1.29, 1.82) is 0 Å². The van der Waals surface area contributed by atoms with Crippen LogP contribution < -0.4 is 15.0 Å². The van der Waals surface area contributed by atoms with Crippen molar-refractivity contribution >= 4 is 5.69 Å². The van der Waals surface area contributed by atoms with Gasteiger partial charge in [-0.05, 0) is 25.0 Å². The van der Waals surface area contributed by atoms with Crippen LogP contribution in [-0.4, -0.2) is 76.8 Å². The van der Waals surface area contributed by atoms with Gasteiger partial charge in [0.2, 0.25) is 0 Å². The Balaban J connectivity index is 1.28. The number of hydrogen-bond donors (Lipinski definition) is 4. The number of benzene rings is 1. The van der Waals surface area contributed by atoms with Crippen LogP contribution in [0.5, 0.6) is 17.5 Å². The molecule has 1 aliphatic heterocycles. The van der Waals surface area contributed by atoms with Crippen molar-refractivity contribution in [2.75, 3.05) is 44.7 Å². The fraction of sp³-hybridized carbons (Fsp3) is 0.545. The van der Waals surface area contributed by atoms with Crippen LogP contribution >= 0.6 is 0 Å². The highest BCUT2D eigenvalue weighted by Gasteiger charge is 2.24. The van der Waals surface area contributed by atoms with Gasteiger partial charge in [0.05, 0.1) is 25.4 Å². The van der Waals surface area contributed by atoms with E-state index in [-0.39, 0.29) is 18.3 Å². The molecule has 4 rings (SSSR count). The van der Waals surface area contributed by atoms with E-state index in [0.29, 0.717) is 24.7 Å². The summed E-state index contributed by atoms with van der Waals surface area (Å²) in [5.74, 6) is 0.886. The molecular formula is C22H32N4O4. The lowest BCUT2D eigenvalue weighted by molar-refractivity contribution is 0.0908. The van der Waals surface area contributed by atoms with E-state index in [0.717, 1.165) is 50.5 Å². The summed E-state index contributed by atoms with van der Waals surface area (Å²) in [5.41, 5.74) is 1.76. The molecular weight excluding hydrogens is 384 g/mol. The van der Waals surface area contributed by atoms with Gasteiger partial charge >= 0.3 is 0 Å². The van der Waals surface area contributed by atoms with Gasteiger partial charge in [0.15, 0.2) is 11.8 Å². The molecule has 0 radical (unpaired) electrons. The van der Waals surface area contributed by atoms with E-state index in [2.05, 4.69) is 21.2 Å². The summed E-state index contributed by atoms with van der Waals surface area (Å²) in [4.78, 5) is 4.51. The van der Waals surface area contributed by atoms with Gasteiger partial charge in [-0.2, -0.15) is 0 Å². The van der Waals surface area contributed by atoms with E-state index in [9.17, 15) is 15.3 Å². The Bertz CT molecular complexity index is 844. The van der Waals surface area contributed by atoms with Crippen LogP contribution in [0.2, 0.25) is 0 Å². The Labute approximate surface area is 177 Å². The molecule has 8 nitrogen and oxygen atoms in total. The van der Waals surface area contributed by atoms with E-state index in [1.54, 1.807) is 13.2 Å². The van der Waals surface area contributed by atoms with Gasteiger partial charge in [0.1, 0.15) is 5.75 Å². The molecule has 4 N–H and O–H groups in total. The number of nitrogens with zero attached hydrogens (tertiary/aromatic N) is 3. The second-order valence-corrected chi connectivity index (χ2v) is 8.23. The van der Waals surface area contributed by atoms with Crippen LogP contribution in [0.25, 0.3) is 0 Å². The number of rotatable bonds is 9. The molecule has 1 unspecified atom stereocenters. The van der Waals surface area contributed by atoms with Crippen molar-refractivity contribution in [3.63, 3.8) is 0 Å². The van der Waals surface area contributed by atoms with E-state index in [1.807, 2.05) is 18.2 Å². The molecule has 2 heterocycles. The summed E-state index contributed by atoms with van der Waals surface area (Å²) in [6.45, 7) is 4.54. The number of aliphatic hydroxyl groups is 1. The number of nitrogens with one attached hydrogen (secondary N) is 1. The van der Waals surface area contributed by atoms with Crippen LogP contribution in [0.4, 0.5) is 5.69 Å². The summed E-state index contributed by atoms with van der Waals surface area (Å²) in [6, 6.07) is 10.1. The van der Waals surface area contributed by atoms with Crippen molar-refractivity contribution < 1.29 is 20.1 Å². The molecule has 2 fully saturated rings. The minimum Gasteiger partial charge on any atom is -0.495 e. The van der Waals surface area contributed by atoms with Gasteiger partial charge < -0.3 is 30.3 Å². The highest BCUT2D eigenvalue weighted by Crippen LogP contribution is 2.30. The molecule has 2 aromatic rings. The smallest absolute Gasteiger partial charge is 0.198 e. The van der Waals surface area contributed by atoms with E-state index in [1.165, 1.54) is 4.57 Å². The van der Waals surface area contributed by atoms with Gasteiger partial charge in [0, 0.05) is 56.9 Å². The Hall–Kier alpha value is -2.42. The van der Waals surface area contributed by atoms with E-state index < -0.39 is 6.10 Å². The summed E-state index contributed by atoms with van der Waals surface area (Å²) in [5, 5.41) is 34.5. The van der Waals surface area contributed by atoms with Crippen molar-refractivity contribution in [2.45, 2.75) is 38.1 Å². The minimum atomic E-state index is -0.684. The first kappa shape index (κ1) is 20.8. The van der Waals surface area contributed by atoms with Crippen LogP contribution in [0, 0.1) is 0 Å². The number of β-amino-alcohol motifs (C(OH)–C–C–N with tert-alkyl or cyclic N) is 1. The highest BCUT2D eigenvalue weighted by atomic mass is 16.5. The highest BCUT2D eigenvalue weighted by molar-refractivity contribution is 5.58. The predicted molar refractivity (Wildman–Crippen MR) is 115 cm³/mol. The summed E-state index contributed by atoms with van der Waals surface area (Å²) in [7, 11) is 1.69. The first-order chi connectivity index (χ1) is 14.5. The lowest BCUT2D eigenvalue weighted by Crippen LogP contribution is -2.49. The Morgan fingerprint density at radius 2 is 1.83 bits per heavy atom. The van der Waals surface area contributed by atoms with Crippen molar-refractivity contribution in [1.82, 2.24) is 14.8 Å². The van der Waals surface area contributed by atoms with Gasteiger partial charge in [-0.25, -0.2) is 0 Å². The number of anilines is 1. The SMILES string of the molecule is COc1ccccc1N1CCN(CC(O)Cn2c(O)cc(CNC3CC3)c2O)CC1. The average molecular weight is 417 g/mol. The topological polar surface area (TPSA) is 93.4 Å². The quantitative estimate of drug-likeness (QED) is 0.490. The predicted octanol–water partition coefficient (Wildman–Crippen LogP) is 1.34. The minimum absolute atomic E-state index is 0.0138. The molecule has 1 saturated carbocycles. The molecule has 0 spiro atoms. The molecule has 1 aromatic heterocycles. The Kier molecular flexibility index (Phi) is 6.36. The van der Waals surface area contributed by atoms with Gasteiger partial charge in [-0.15, -0.1) is 0 Å². The second-order valence-electron chi connectivity index (χ2n) is 8.23. The summed E-state index contributed by atoms with van der Waals surface area (Å²) in [6.07, 6.45) is 1.64. The van der Waals surface area contributed by atoms with Crippen LogP contribution in [0.15, 0.2) is 30.3 Å². The second kappa shape index (κ2) is 9.16. The molecule has 2 aliphatic rings. The first-order valence-electron chi connectivity index (χ1n) is 10.7. The number of aliphatic hydroxyl groups excluding tert-OH is 1. The third kappa shape index (κ3) is 4.83. The third-order valence-electron chi connectivity index (χ3n) is 5.94. The molecule has 0 amide bonds. The lowest BCUT2D eigenvalue weighted by atomic mass is 10.2. The Morgan fingerprint density at radius 1 is 1.10 bits per heavy atom. The maximum Gasteiger partial charge on any atom is 0.198 e. The molecule has 164 valence electrons. The normalized spacial score (nSPS) is 18.5. The number of aromatic hydroxyl groups is 2. The number of methoxy groups -OCH3 is 1. The van der Waals surface area contributed by atoms with E-state index in [4.69, 9.17) is 4.74 Å². The average Bonchev–Trinajstić information content (AvgIpc) is 3.55. The molecule has 0 bridgehead atoms. The summed E-state index contributed by atoms with van der Waals surface area (Å²) >= 11 is 0. The molecule has 1 atom stereocenters. The zero-order chi connectivity index (χ0) is 21.1. The molecule has 1 aliphatic carbocycles. The number of para-hydroxylation sites is 2. The number of aromatic nitrogens is 1. The zero-order valence-electron chi connectivity index (χ0n) is 17.5. The monoisotopic (exact) mass is 416 g/mol. The lowest BCUT2D eigenvalue weighted by Gasteiger charge is -2.37. The standard InChI is InChI=1S/C22H32N4O4/c1-30-20-5-3-2-4-19(20)25-10-8-24(9-11-25)14-18(27)15-26-21(28)12-16(22(26)29)13-23-17-6-7-17/h2-5,12,17-18,23,27-29H,6-11,13-15H2,1H3. The van der Waals surface area contributed by atoms with Crippen LogP contribution in [0.1, 0.15) is 18.4 Å². The van der Waals surface area contributed by atoms with Crippen molar-refractivity contribution in [3.05, 3.63) is 35.9 Å². The van der Waals surface area contributed by atoms with Crippen LogP contribution in [-0.2, 0) is 13.1 Å². The number of piperazine rings is 1. The Morgan fingerprint density at radius 3 is 2.53 bits per heavy atom. The first-order valence-corrected chi connectivity index (χ1v) is 10.7. The van der Waals surface area contributed by atoms with Gasteiger partial charge in [-0.1, -0.05) is 12.1 Å². The van der Waals surface area contributed by atoms with Crippen molar-refractivity contribution in [3.8, 4) is 17.5 Å². The largest absolute Gasteiger partial charge is 0.495 e. The van der Waals surface area contributed by atoms with E-state index >= 15 is 0 Å². The molecule has 8 heteroatoms. The van der Waals surface area contributed by atoms with Crippen molar-refractivity contribution in [2.24, 2.45) is 0 Å². The fourth-order valence-electron chi connectivity index (χ4n) is 4.06. The summed E-state index contributed by atoms with van der Waals surface area (Å²) < 4.78 is 6.85. The molecule has 1 aromatic carbocycles.